The molecule has 0 radical (unpaired) electrons. The van der Waals surface area contributed by atoms with Crippen LogP contribution in [-0.2, 0) is 0 Å². The van der Waals surface area contributed by atoms with E-state index in [1.54, 1.807) is 0 Å². The van der Waals surface area contributed by atoms with Crippen molar-refractivity contribution in [2.24, 2.45) is 0 Å². The predicted octanol–water partition coefficient (Wildman–Crippen LogP) is 11.8. The molecule has 44 heavy (non-hydrogen) atoms. The molecule has 2 nitrogen and oxygen atoms in total. The monoisotopic (exact) mass is 565 g/mol. The molecule has 0 fully saturated rings. The molecular formula is C42H31NO. The molecule has 0 atom stereocenters. The third-order valence-corrected chi connectivity index (χ3v) is 7.92. The van der Waals surface area contributed by atoms with Gasteiger partial charge in [0.2, 0.25) is 0 Å². The number of hydrogen-bond acceptors (Lipinski definition) is 2. The van der Waals surface area contributed by atoms with Crippen LogP contribution in [0, 0.1) is 0 Å². The molecule has 0 N–H and O–H groups in total. The fraction of sp³-hybridized carbons (Fsp3) is 0. The van der Waals surface area contributed by atoms with Crippen molar-refractivity contribution in [2.45, 2.75) is 0 Å². The van der Waals surface area contributed by atoms with E-state index in [1.165, 1.54) is 22.3 Å². The SMILES string of the molecule is C=C/C=C(\C=C/N(c1ccccc1)c1ccc(-c2ccc(-c3ccccc3)cc2)cc1)c1cccc2c1oc1ccccc12. The Bertz CT molecular complexity index is 2100. The van der Waals surface area contributed by atoms with Crippen LogP contribution in [0.3, 0.4) is 0 Å². The maximum Gasteiger partial charge on any atom is 0.143 e. The van der Waals surface area contributed by atoms with E-state index < -0.39 is 0 Å². The van der Waals surface area contributed by atoms with Gasteiger partial charge in [-0.1, -0.05) is 140 Å². The number of furan rings is 1. The van der Waals surface area contributed by atoms with Crippen molar-refractivity contribution in [1.82, 2.24) is 0 Å². The van der Waals surface area contributed by atoms with Gasteiger partial charge in [0, 0.05) is 33.9 Å². The van der Waals surface area contributed by atoms with Gasteiger partial charge in [-0.05, 0) is 64.2 Å². The van der Waals surface area contributed by atoms with Gasteiger partial charge >= 0.3 is 0 Å². The van der Waals surface area contributed by atoms with Crippen LogP contribution >= 0.6 is 0 Å². The van der Waals surface area contributed by atoms with Crippen molar-refractivity contribution in [3.63, 3.8) is 0 Å². The molecule has 0 aliphatic rings. The highest BCUT2D eigenvalue weighted by Crippen LogP contribution is 2.35. The molecule has 0 spiro atoms. The van der Waals surface area contributed by atoms with Crippen molar-refractivity contribution >= 4 is 38.9 Å². The van der Waals surface area contributed by atoms with Crippen LogP contribution in [0.1, 0.15) is 5.56 Å². The Labute approximate surface area is 258 Å². The summed E-state index contributed by atoms with van der Waals surface area (Å²) in [6.07, 6.45) is 8.11. The van der Waals surface area contributed by atoms with E-state index in [4.69, 9.17) is 4.42 Å². The first-order valence-electron chi connectivity index (χ1n) is 14.8. The third-order valence-electron chi connectivity index (χ3n) is 7.92. The molecule has 7 aromatic rings. The largest absolute Gasteiger partial charge is 0.455 e. The number of rotatable bonds is 8. The zero-order chi connectivity index (χ0) is 29.7. The minimum absolute atomic E-state index is 0.875. The standard InChI is InChI=1S/C42H31NO/c1-2-12-35(38-18-11-19-40-39-17-9-10-20-41(39)44-42(38)40)29-30-43(36-15-7-4-8-16-36)37-27-25-34(26-28-37)33-23-21-32(22-24-33)31-13-5-3-6-14-31/h2-30H,1H2/b30-29-,35-12+. The van der Waals surface area contributed by atoms with Gasteiger partial charge in [0.05, 0.1) is 0 Å². The zero-order valence-electron chi connectivity index (χ0n) is 24.3. The summed E-state index contributed by atoms with van der Waals surface area (Å²) in [5.41, 5.74) is 10.7. The van der Waals surface area contributed by atoms with Gasteiger partial charge in [0.15, 0.2) is 0 Å². The van der Waals surface area contributed by atoms with Gasteiger partial charge in [-0.2, -0.15) is 0 Å². The van der Waals surface area contributed by atoms with Crippen molar-refractivity contribution in [3.8, 4) is 22.3 Å². The molecule has 0 unspecified atom stereocenters. The molecule has 0 saturated heterocycles. The molecule has 7 rings (SSSR count). The lowest BCUT2D eigenvalue weighted by Crippen LogP contribution is -2.08. The smallest absolute Gasteiger partial charge is 0.143 e. The van der Waals surface area contributed by atoms with Gasteiger partial charge in [-0.3, -0.25) is 0 Å². The van der Waals surface area contributed by atoms with Crippen LogP contribution in [0.5, 0.6) is 0 Å². The molecule has 0 saturated carbocycles. The van der Waals surface area contributed by atoms with Crippen LogP contribution < -0.4 is 4.90 Å². The van der Waals surface area contributed by atoms with E-state index in [2.05, 4.69) is 145 Å². The highest BCUT2D eigenvalue weighted by molar-refractivity contribution is 6.08. The number of allylic oxidation sites excluding steroid dienone is 4. The molecule has 0 amide bonds. The van der Waals surface area contributed by atoms with Crippen LogP contribution in [0.25, 0.3) is 49.8 Å². The molecule has 0 bridgehead atoms. The summed E-state index contributed by atoms with van der Waals surface area (Å²) < 4.78 is 6.35. The number of nitrogens with zero attached hydrogens (tertiary/aromatic N) is 1. The molecule has 0 aliphatic heterocycles. The first kappa shape index (κ1) is 27.0. The first-order chi connectivity index (χ1) is 21.8. The van der Waals surface area contributed by atoms with Gasteiger partial charge < -0.3 is 9.32 Å². The molecule has 0 aliphatic carbocycles. The maximum absolute atomic E-state index is 6.35. The molecule has 1 heterocycles. The Balaban J connectivity index is 1.22. The van der Waals surface area contributed by atoms with Gasteiger partial charge in [0.1, 0.15) is 11.2 Å². The highest BCUT2D eigenvalue weighted by Gasteiger charge is 2.13. The minimum Gasteiger partial charge on any atom is -0.455 e. The summed E-state index contributed by atoms with van der Waals surface area (Å²) >= 11 is 0. The summed E-state index contributed by atoms with van der Waals surface area (Å²) in [6.45, 7) is 4.00. The second kappa shape index (κ2) is 12.2. The van der Waals surface area contributed by atoms with E-state index in [-0.39, 0.29) is 0 Å². The molecule has 6 aromatic carbocycles. The van der Waals surface area contributed by atoms with Crippen molar-refractivity contribution in [1.29, 1.82) is 0 Å². The Morgan fingerprint density at radius 2 is 1.07 bits per heavy atom. The van der Waals surface area contributed by atoms with Gasteiger partial charge in [-0.15, -0.1) is 0 Å². The Morgan fingerprint density at radius 3 is 1.75 bits per heavy atom. The number of hydrogen-bond donors (Lipinski definition) is 0. The Kier molecular flexibility index (Phi) is 7.47. The lowest BCUT2D eigenvalue weighted by Gasteiger charge is -2.21. The fourth-order valence-electron chi connectivity index (χ4n) is 5.70. The van der Waals surface area contributed by atoms with E-state index in [9.17, 15) is 0 Å². The Morgan fingerprint density at radius 1 is 0.523 bits per heavy atom. The van der Waals surface area contributed by atoms with Gasteiger partial charge in [-0.25, -0.2) is 0 Å². The van der Waals surface area contributed by atoms with Crippen LogP contribution in [-0.4, -0.2) is 0 Å². The number of anilines is 2. The van der Waals surface area contributed by atoms with Gasteiger partial charge in [0.25, 0.3) is 0 Å². The minimum atomic E-state index is 0.875. The van der Waals surface area contributed by atoms with Crippen LogP contribution in [0.4, 0.5) is 11.4 Å². The summed E-state index contributed by atoms with van der Waals surface area (Å²) in [6, 6.07) is 52.9. The predicted molar refractivity (Wildman–Crippen MR) is 187 cm³/mol. The van der Waals surface area contributed by atoms with Crippen LogP contribution in [0.15, 0.2) is 187 Å². The first-order valence-corrected chi connectivity index (χ1v) is 14.8. The van der Waals surface area contributed by atoms with E-state index in [0.29, 0.717) is 0 Å². The second-order valence-corrected chi connectivity index (χ2v) is 10.6. The summed E-state index contributed by atoms with van der Waals surface area (Å²) in [5.74, 6) is 0. The quantitative estimate of drug-likeness (QED) is 0.170. The number of fused-ring (bicyclic) bond motifs is 3. The van der Waals surface area contributed by atoms with E-state index >= 15 is 0 Å². The lowest BCUT2D eigenvalue weighted by molar-refractivity contribution is 0.668. The lowest BCUT2D eigenvalue weighted by atomic mass is 10.00. The average molecular weight is 566 g/mol. The summed E-state index contributed by atoms with van der Waals surface area (Å²) in [7, 11) is 0. The normalized spacial score (nSPS) is 11.8. The third kappa shape index (κ3) is 5.37. The Hall–Kier alpha value is -5.86. The molecule has 1 aromatic heterocycles. The molecule has 210 valence electrons. The molecule has 2 heteroatoms. The fourth-order valence-corrected chi connectivity index (χ4v) is 5.70. The van der Waals surface area contributed by atoms with E-state index in [0.717, 1.165) is 44.4 Å². The molecular weight excluding hydrogens is 534 g/mol. The summed E-state index contributed by atoms with van der Waals surface area (Å²) in [4.78, 5) is 2.21. The second-order valence-electron chi connectivity index (χ2n) is 10.6. The average Bonchev–Trinajstić information content (AvgIpc) is 3.48. The zero-order valence-corrected chi connectivity index (χ0v) is 24.3. The van der Waals surface area contributed by atoms with E-state index in [1.807, 2.05) is 42.5 Å². The van der Waals surface area contributed by atoms with Crippen molar-refractivity contribution in [3.05, 3.63) is 188 Å². The maximum atomic E-state index is 6.35. The number of benzene rings is 6. The highest BCUT2D eigenvalue weighted by atomic mass is 16.3. The number of para-hydroxylation sites is 3. The summed E-state index contributed by atoms with van der Waals surface area (Å²) in [5, 5.41) is 2.22. The van der Waals surface area contributed by atoms with Crippen LogP contribution in [0.2, 0.25) is 0 Å². The van der Waals surface area contributed by atoms with Crippen molar-refractivity contribution < 1.29 is 4.42 Å². The topological polar surface area (TPSA) is 16.4 Å². The van der Waals surface area contributed by atoms with Crippen molar-refractivity contribution in [2.75, 3.05) is 4.90 Å².